The first-order chi connectivity index (χ1) is 12.6. The Balaban J connectivity index is 3.67. The maximum absolute atomic E-state index is 12.4. The second-order valence-corrected chi connectivity index (χ2v) is 5.06. The van der Waals surface area contributed by atoms with Crippen molar-refractivity contribution < 1.29 is 29.3 Å². The van der Waals surface area contributed by atoms with Gasteiger partial charge in [-0.05, 0) is 38.4 Å². The van der Waals surface area contributed by atoms with Crippen LogP contribution in [0.1, 0.15) is 44.2 Å². The second kappa shape index (κ2) is 9.30. The molecule has 1 aromatic rings. The smallest absolute Gasteiger partial charge is 0.317 e. The van der Waals surface area contributed by atoms with E-state index in [1.165, 1.54) is 0 Å². The van der Waals surface area contributed by atoms with Gasteiger partial charge in [-0.15, -0.1) is 0 Å². The van der Waals surface area contributed by atoms with E-state index in [1.807, 2.05) is 0 Å². The molecule has 0 bridgehead atoms. The first kappa shape index (κ1) is 13.5. The number of carbonyl (C=O) groups is 3. The van der Waals surface area contributed by atoms with E-state index in [2.05, 4.69) is 0 Å². The summed E-state index contributed by atoms with van der Waals surface area (Å²) in [7, 11) is 0. The number of rotatable bonds is 8. The molecular formula is C17H21ClO5. The molecule has 0 saturated heterocycles. The van der Waals surface area contributed by atoms with Crippen LogP contribution in [0.3, 0.4) is 0 Å². The molecule has 0 aliphatic carbocycles. The average molecular weight is 345 g/mol. The van der Waals surface area contributed by atoms with Gasteiger partial charge in [-0.1, -0.05) is 23.7 Å². The molecule has 0 fully saturated rings. The molecular weight excluding hydrogens is 320 g/mol. The summed E-state index contributed by atoms with van der Waals surface area (Å²) in [6.07, 6.45) is -0.491. The largest absolute Gasteiger partial charge is 0.466 e. The van der Waals surface area contributed by atoms with Crippen molar-refractivity contribution in [2.75, 3.05) is 13.2 Å². The van der Waals surface area contributed by atoms with E-state index in [9.17, 15) is 14.4 Å². The Hall–Kier alpha value is -1.88. The summed E-state index contributed by atoms with van der Waals surface area (Å²) in [5.41, 5.74) is -0.254. The Kier molecular flexibility index (Phi) is 5.48. The number of hydrogen-bond donors (Lipinski definition) is 0. The van der Waals surface area contributed by atoms with Crippen LogP contribution in [0, 0.1) is 5.92 Å². The number of Topliss-reactive ketones (excluding diaryl/α,β-unsaturated/α-hetero) is 1. The van der Waals surface area contributed by atoms with Gasteiger partial charge < -0.3 is 9.47 Å². The summed E-state index contributed by atoms with van der Waals surface area (Å²) in [5, 5.41) is -0.390. The Bertz CT molecular complexity index is 724. The number of ether oxygens (including phenoxy) is 2. The maximum Gasteiger partial charge on any atom is 0.317 e. The van der Waals surface area contributed by atoms with Crippen LogP contribution in [0.2, 0.25) is 5.02 Å². The lowest BCUT2D eigenvalue weighted by atomic mass is 9.81. The Labute approximate surface area is 146 Å². The lowest BCUT2D eigenvalue weighted by Gasteiger charge is -2.23. The molecule has 0 aliphatic rings. The molecule has 2 unspecified atom stereocenters. The van der Waals surface area contributed by atoms with E-state index >= 15 is 0 Å². The summed E-state index contributed by atoms with van der Waals surface area (Å²) in [5.74, 6) is -5.06. The Morgan fingerprint density at radius 1 is 1.13 bits per heavy atom. The molecule has 0 radical (unpaired) electrons. The topological polar surface area (TPSA) is 69.7 Å². The highest BCUT2D eigenvalue weighted by Gasteiger charge is 2.36. The van der Waals surface area contributed by atoms with Gasteiger partial charge in [0.1, 0.15) is 11.7 Å². The van der Waals surface area contributed by atoms with Gasteiger partial charge in [-0.25, -0.2) is 0 Å². The summed E-state index contributed by atoms with van der Waals surface area (Å²) in [4.78, 5) is 36.6. The molecule has 126 valence electrons. The zero-order chi connectivity index (χ0) is 20.9. The van der Waals surface area contributed by atoms with Gasteiger partial charge in [-0.2, -0.15) is 0 Å². The molecule has 0 aromatic heterocycles. The minimum Gasteiger partial charge on any atom is -0.466 e. The first-order valence-corrected chi connectivity index (χ1v) is 7.54. The van der Waals surface area contributed by atoms with Gasteiger partial charge in [0.25, 0.3) is 0 Å². The van der Waals surface area contributed by atoms with E-state index in [0.29, 0.717) is 0 Å². The fourth-order valence-corrected chi connectivity index (χ4v) is 2.22. The van der Waals surface area contributed by atoms with Crippen molar-refractivity contribution >= 4 is 29.3 Å². The zero-order valence-electron chi connectivity index (χ0n) is 17.2. The van der Waals surface area contributed by atoms with Crippen molar-refractivity contribution in [1.82, 2.24) is 0 Å². The fraction of sp³-hybridized carbons (Fsp3) is 0.471. The fourth-order valence-electron chi connectivity index (χ4n) is 2.12. The normalized spacial score (nSPS) is 15.5. The molecule has 2 atom stereocenters. The zero-order valence-corrected chi connectivity index (χ0v) is 14.0. The van der Waals surface area contributed by atoms with Crippen LogP contribution in [-0.4, -0.2) is 30.9 Å². The third-order valence-corrected chi connectivity index (χ3v) is 3.25. The van der Waals surface area contributed by atoms with Gasteiger partial charge in [0, 0.05) is 10.9 Å². The van der Waals surface area contributed by atoms with E-state index in [4.69, 9.17) is 26.6 Å². The molecule has 23 heavy (non-hydrogen) atoms. The monoisotopic (exact) mass is 344 g/mol. The highest BCUT2D eigenvalue weighted by atomic mass is 35.5. The third-order valence-electron chi connectivity index (χ3n) is 3.06. The van der Waals surface area contributed by atoms with Crippen molar-refractivity contribution in [2.24, 2.45) is 5.92 Å². The molecule has 0 saturated carbocycles. The molecule has 0 N–H and O–H groups in total. The van der Waals surface area contributed by atoms with Crippen LogP contribution in [0.5, 0.6) is 0 Å². The number of halogens is 1. The molecule has 0 heterocycles. The van der Waals surface area contributed by atoms with E-state index < -0.39 is 60.1 Å². The van der Waals surface area contributed by atoms with Crippen LogP contribution in [0.15, 0.2) is 24.2 Å². The number of esters is 2. The van der Waals surface area contributed by atoms with Gasteiger partial charge in [-0.3, -0.25) is 14.4 Å². The van der Waals surface area contributed by atoms with Gasteiger partial charge >= 0.3 is 11.9 Å². The van der Waals surface area contributed by atoms with Crippen LogP contribution < -0.4 is 0 Å². The van der Waals surface area contributed by atoms with E-state index in [1.54, 1.807) is 13.8 Å². The summed E-state index contributed by atoms with van der Waals surface area (Å²) in [6, 6.07) is -2.09. The standard InChI is InChI=1S/C17H21ClO5/c1-4-22-15(20)10-14(12-6-8-13(18)9-7-12)16(11(3)19)17(21)23-5-2/h6-9,14,16H,4-5,10H2,1-3H3/i6D,7D,8D,9D. The maximum atomic E-state index is 12.4. The minimum atomic E-state index is -1.48. The first-order valence-electron chi connectivity index (χ1n) is 9.16. The van der Waals surface area contributed by atoms with Crippen LogP contribution >= 0.6 is 11.6 Å². The van der Waals surface area contributed by atoms with Crippen LogP contribution in [-0.2, 0) is 23.9 Å². The summed E-state index contributed by atoms with van der Waals surface area (Å²) < 4.78 is 41.8. The lowest BCUT2D eigenvalue weighted by Crippen LogP contribution is -2.32. The predicted octanol–water partition coefficient (Wildman–Crippen LogP) is 3.15. The van der Waals surface area contributed by atoms with Crippen LogP contribution in [0.25, 0.3) is 0 Å². The minimum absolute atomic E-state index is 0.00971. The number of ketones is 1. The predicted molar refractivity (Wildman–Crippen MR) is 86.2 cm³/mol. The van der Waals surface area contributed by atoms with Gasteiger partial charge in [0.05, 0.1) is 25.1 Å². The average Bonchev–Trinajstić information content (AvgIpc) is 2.58. The Morgan fingerprint density at radius 2 is 1.70 bits per heavy atom. The van der Waals surface area contributed by atoms with Crippen molar-refractivity contribution in [3.63, 3.8) is 0 Å². The second-order valence-electron chi connectivity index (χ2n) is 4.68. The molecule has 0 aliphatic heterocycles. The van der Waals surface area contributed by atoms with E-state index in [0.717, 1.165) is 6.92 Å². The van der Waals surface area contributed by atoms with Gasteiger partial charge in [0.2, 0.25) is 0 Å². The number of carbonyl (C=O) groups excluding carboxylic acids is 3. The summed E-state index contributed by atoms with van der Waals surface area (Å²) in [6.45, 7) is 4.31. The quantitative estimate of drug-likeness (QED) is 0.535. The summed E-state index contributed by atoms with van der Waals surface area (Å²) >= 11 is 5.81. The molecule has 1 aromatic carbocycles. The van der Waals surface area contributed by atoms with Gasteiger partial charge in [0.15, 0.2) is 0 Å². The Morgan fingerprint density at radius 3 is 2.17 bits per heavy atom. The lowest BCUT2D eigenvalue weighted by molar-refractivity contribution is -0.153. The molecule has 0 amide bonds. The van der Waals surface area contributed by atoms with Crippen molar-refractivity contribution in [1.29, 1.82) is 0 Å². The molecule has 0 spiro atoms. The highest BCUT2D eigenvalue weighted by molar-refractivity contribution is 6.30. The third kappa shape index (κ3) is 5.67. The molecule has 1 rings (SSSR count). The van der Waals surface area contributed by atoms with Crippen molar-refractivity contribution in [2.45, 2.75) is 33.1 Å². The molecule has 6 heteroatoms. The molecule has 5 nitrogen and oxygen atoms in total. The number of benzene rings is 1. The van der Waals surface area contributed by atoms with E-state index in [-0.39, 0.29) is 23.8 Å². The SMILES string of the molecule is [2H]c1c([2H])c(C(CC(=O)OCC)C(C(C)=O)C(=O)OCC)c([2H])c([2H])c1Cl. The van der Waals surface area contributed by atoms with Crippen LogP contribution in [0.4, 0.5) is 0 Å². The van der Waals surface area contributed by atoms with Crippen molar-refractivity contribution in [3.8, 4) is 0 Å². The number of hydrogen-bond acceptors (Lipinski definition) is 5. The highest BCUT2D eigenvalue weighted by Crippen LogP contribution is 2.31. The van der Waals surface area contributed by atoms with Crippen molar-refractivity contribution in [3.05, 3.63) is 34.8 Å².